The minimum Gasteiger partial charge on any atom is -0.396 e. The van der Waals surface area contributed by atoms with E-state index in [2.05, 4.69) is 27.2 Å². The lowest BCUT2D eigenvalue weighted by Gasteiger charge is -2.16. The van der Waals surface area contributed by atoms with Crippen molar-refractivity contribution in [2.24, 2.45) is 5.92 Å². The number of hydrogen-bond donors (Lipinski definition) is 3. The number of hydrogen-bond acceptors (Lipinski definition) is 5. The van der Waals surface area contributed by atoms with Gasteiger partial charge >= 0.3 is 0 Å². The smallest absolute Gasteiger partial charge is 0.251 e. The Morgan fingerprint density at radius 1 is 1.29 bits per heavy atom. The lowest BCUT2D eigenvalue weighted by atomic mass is 10.0. The summed E-state index contributed by atoms with van der Waals surface area (Å²) in [5.74, 6) is 1.77. The summed E-state index contributed by atoms with van der Waals surface area (Å²) in [4.78, 5) is 23.2. The average Bonchev–Trinajstić information content (AvgIpc) is 2.60. The van der Waals surface area contributed by atoms with Crippen molar-refractivity contribution in [1.29, 1.82) is 0 Å². The van der Waals surface area contributed by atoms with Gasteiger partial charge in [-0.3, -0.25) is 4.79 Å². The Bertz CT molecular complexity index is 676. The molecule has 0 saturated carbocycles. The van der Waals surface area contributed by atoms with Crippen LogP contribution in [-0.2, 0) is 6.42 Å². The van der Waals surface area contributed by atoms with Gasteiger partial charge in [0.05, 0.1) is 0 Å². The van der Waals surface area contributed by atoms with Crippen LogP contribution in [0.1, 0.15) is 38.8 Å². The molecule has 0 aromatic carbocycles. The molecular weight excluding hydrogens is 304 g/mol. The fourth-order valence-corrected chi connectivity index (χ4v) is 2.65. The molecule has 0 aliphatic heterocycles. The molecule has 0 fully saturated rings. The Kier molecular flexibility index (Phi) is 6.93. The highest BCUT2D eigenvalue weighted by molar-refractivity contribution is 5.55. The normalized spacial score (nSPS) is 12.1. The Balaban J connectivity index is 2.05. The number of anilines is 1. The highest BCUT2D eigenvalue weighted by Gasteiger charge is 2.08. The van der Waals surface area contributed by atoms with Crippen molar-refractivity contribution in [3.05, 3.63) is 40.4 Å². The summed E-state index contributed by atoms with van der Waals surface area (Å²) in [5.41, 5.74) is 1.40. The van der Waals surface area contributed by atoms with Crippen LogP contribution in [0, 0.1) is 5.92 Å². The van der Waals surface area contributed by atoms with E-state index in [0.29, 0.717) is 18.2 Å². The van der Waals surface area contributed by atoms with Crippen LogP contribution in [0.3, 0.4) is 0 Å². The number of nitrogens with one attached hydrogen (secondary N) is 2. The standard InChI is InChI=1S/C18H26N4O2/c1-3-5-13(8-9-23)11-19-16-7-6-14(12-20-16)18-21-15(4-2)10-17(24)22-18/h6-7,10,12-13,23H,3-5,8-9,11H2,1-2H3,(H,19,20)(H,21,22,24). The molecule has 0 aliphatic carbocycles. The van der Waals surface area contributed by atoms with Gasteiger partial charge in [0.1, 0.15) is 11.6 Å². The van der Waals surface area contributed by atoms with E-state index in [1.807, 2.05) is 19.1 Å². The Morgan fingerprint density at radius 3 is 2.75 bits per heavy atom. The quantitative estimate of drug-likeness (QED) is 0.657. The fourth-order valence-electron chi connectivity index (χ4n) is 2.65. The van der Waals surface area contributed by atoms with Crippen LogP contribution in [0.2, 0.25) is 0 Å². The summed E-state index contributed by atoms with van der Waals surface area (Å²) in [5, 5.41) is 12.4. The number of pyridine rings is 1. The van der Waals surface area contributed by atoms with Crippen molar-refractivity contribution in [2.75, 3.05) is 18.5 Å². The van der Waals surface area contributed by atoms with Crippen LogP contribution >= 0.6 is 0 Å². The van der Waals surface area contributed by atoms with Crippen molar-refractivity contribution < 1.29 is 5.11 Å². The lowest BCUT2D eigenvalue weighted by Crippen LogP contribution is -2.16. The van der Waals surface area contributed by atoms with Gasteiger partial charge in [0.15, 0.2) is 0 Å². The maximum atomic E-state index is 11.7. The first-order chi connectivity index (χ1) is 11.7. The topological polar surface area (TPSA) is 90.9 Å². The monoisotopic (exact) mass is 330 g/mol. The second kappa shape index (κ2) is 9.17. The number of aliphatic hydroxyl groups is 1. The first kappa shape index (κ1) is 18.1. The van der Waals surface area contributed by atoms with E-state index < -0.39 is 0 Å². The van der Waals surface area contributed by atoms with Gasteiger partial charge in [0.2, 0.25) is 0 Å². The number of nitrogens with zero attached hydrogens (tertiary/aromatic N) is 2. The van der Waals surface area contributed by atoms with Crippen molar-refractivity contribution in [2.45, 2.75) is 39.5 Å². The number of aryl methyl sites for hydroxylation is 1. The summed E-state index contributed by atoms with van der Waals surface area (Å²) in [6.07, 6.45) is 5.41. The molecule has 0 radical (unpaired) electrons. The van der Waals surface area contributed by atoms with Crippen molar-refractivity contribution in [3.63, 3.8) is 0 Å². The van der Waals surface area contributed by atoms with Crippen LogP contribution in [0.5, 0.6) is 0 Å². The van der Waals surface area contributed by atoms with Gasteiger partial charge in [0, 0.05) is 36.7 Å². The zero-order valence-corrected chi connectivity index (χ0v) is 14.4. The average molecular weight is 330 g/mol. The molecule has 0 bridgehead atoms. The van der Waals surface area contributed by atoms with Crippen LogP contribution in [-0.4, -0.2) is 33.2 Å². The van der Waals surface area contributed by atoms with Gasteiger partial charge in [-0.05, 0) is 37.3 Å². The van der Waals surface area contributed by atoms with Gasteiger partial charge in [-0.25, -0.2) is 9.97 Å². The predicted octanol–water partition coefficient (Wildman–Crippen LogP) is 2.60. The van der Waals surface area contributed by atoms with E-state index in [0.717, 1.165) is 42.9 Å². The maximum Gasteiger partial charge on any atom is 0.251 e. The highest BCUT2D eigenvalue weighted by Crippen LogP contribution is 2.16. The summed E-state index contributed by atoms with van der Waals surface area (Å²) >= 11 is 0. The molecule has 2 rings (SSSR count). The molecule has 2 heterocycles. The Labute approximate surface area is 142 Å². The van der Waals surface area contributed by atoms with E-state index in [1.165, 1.54) is 6.07 Å². The summed E-state index contributed by atoms with van der Waals surface area (Å²) in [7, 11) is 0. The molecule has 0 spiro atoms. The zero-order valence-electron chi connectivity index (χ0n) is 14.4. The fraction of sp³-hybridized carbons (Fsp3) is 0.500. The minimum absolute atomic E-state index is 0.148. The van der Waals surface area contributed by atoms with E-state index >= 15 is 0 Å². The second-order valence-electron chi connectivity index (χ2n) is 5.92. The van der Waals surface area contributed by atoms with Gasteiger partial charge < -0.3 is 15.4 Å². The number of aliphatic hydroxyl groups excluding tert-OH is 1. The molecule has 130 valence electrons. The second-order valence-corrected chi connectivity index (χ2v) is 5.92. The molecule has 0 amide bonds. The minimum atomic E-state index is -0.148. The predicted molar refractivity (Wildman–Crippen MR) is 96.1 cm³/mol. The van der Waals surface area contributed by atoms with Gasteiger partial charge in [-0.2, -0.15) is 0 Å². The van der Waals surface area contributed by atoms with Gasteiger partial charge in [0.25, 0.3) is 5.56 Å². The first-order valence-corrected chi connectivity index (χ1v) is 8.57. The largest absolute Gasteiger partial charge is 0.396 e. The molecule has 2 aromatic heterocycles. The van der Waals surface area contributed by atoms with E-state index in [-0.39, 0.29) is 12.2 Å². The number of aromatic amines is 1. The SMILES string of the molecule is CCCC(CCO)CNc1ccc(-c2nc(CC)cc(=O)[nH]2)cn1. The molecule has 2 aromatic rings. The summed E-state index contributed by atoms with van der Waals surface area (Å²) in [6.45, 7) is 5.12. The lowest BCUT2D eigenvalue weighted by molar-refractivity contribution is 0.255. The van der Waals surface area contributed by atoms with Crippen molar-refractivity contribution in [1.82, 2.24) is 15.0 Å². The van der Waals surface area contributed by atoms with Crippen LogP contribution in [0.15, 0.2) is 29.2 Å². The zero-order chi connectivity index (χ0) is 17.4. The molecular formula is C18H26N4O2. The van der Waals surface area contributed by atoms with Gasteiger partial charge in [-0.15, -0.1) is 0 Å². The Morgan fingerprint density at radius 2 is 2.12 bits per heavy atom. The van der Waals surface area contributed by atoms with Crippen molar-refractivity contribution in [3.8, 4) is 11.4 Å². The van der Waals surface area contributed by atoms with Crippen LogP contribution in [0.25, 0.3) is 11.4 Å². The molecule has 0 saturated heterocycles. The molecule has 1 atom stereocenters. The van der Waals surface area contributed by atoms with E-state index in [1.54, 1.807) is 6.20 Å². The molecule has 0 aliphatic rings. The first-order valence-electron chi connectivity index (χ1n) is 8.57. The third kappa shape index (κ3) is 5.16. The maximum absolute atomic E-state index is 11.7. The Hall–Kier alpha value is -2.21. The number of rotatable bonds is 9. The molecule has 24 heavy (non-hydrogen) atoms. The third-order valence-electron chi connectivity index (χ3n) is 4.00. The molecule has 6 heteroatoms. The van der Waals surface area contributed by atoms with Gasteiger partial charge in [-0.1, -0.05) is 20.3 Å². The number of aromatic nitrogens is 3. The van der Waals surface area contributed by atoms with Crippen LogP contribution < -0.4 is 10.9 Å². The summed E-state index contributed by atoms with van der Waals surface area (Å²) in [6, 6.07) is 5.30. The molecule has 1 unspecified atom stereocenters. The van der Waals surface area contributed by atoms with Crippen molar-refractivity contribution >= 4 is 5.82 Å². The molecule has 3 N–H and O–H groups in total. The highest BCUT2D eigenvalue weighted by atomic mass is 16.3. The van der Waals surface area contributed by atoms with E-state index in [4.69, 9.17) is 5.11 Å². The third-order valence-corrected chi connectivity index (χ3v) is 4.00. The van der Waals surface area contributed by atoms with Crippen LogP contribution in [0.4, 0.5) is 5.82 Å². The number of H-pyrrole nitrogens is 1. The van der Waals surface area contributed by atoms with E-state index in [9.17, 15) is 4.79 Å². The molecule has 6 nitrogen and oxygen atoms in total. The summed E-state index contributed by atoms with van der Waals surface area (Å²) < 4.78 is 0.